The molecular weight excluding hydrogens is 370 g/mol. The van der Waals surface area contributed by atoms with E-state index in [9.17, 15) is 4.79 Å². The lowest BCUT2D eigenvalue weighted by molar-refractivity contribution is -0.121. The molecule has 2 N–H and O–H groups in total. The Bertz CT molecular complexity index is 689. The minimum Gasteiger partial charge on any atom is -0.482 e. The van der Waals surface area contributed by atoms with Crippen LogP contribution < -0.4 is 20.3 Å². The maximum atomic E-state index is 12.2. The fourth-order valence-corrected chi connectivity index (χ4v) is 3.75. The van der Waals surface area contributed by atoms with Crippen LogP contribution in [0.4, 0.5) is 5.69 Å². The Morgan fingerprint density at radius 3 is 2.83 bits per heavy atom. The van der Waals surface area contributed by atoms with Crippen molar-refractivity contribution in [3.05, 3.63) is 24.3 Å². The number of nitrogens with zero attached hydrogens (tertiary/aromatic N) is 3. The quantitative estimate of drug-likeness (QED) is 0.384. The third-order valence-corrected chi connectivity index (χ3v) is 5.42. The number of benzene rings is 1. The van der Waals surface area contributed by atoms with Crippen LogP contribution >= 0.6 is 0 Å². The summed E-state index contributed by atoms with van der Waals surface area (Å²) in [6, 6.07) is 8.12. The number of methoxy groups -OCH3 is 1. The number of piperidine rings is 1. The van der Waals surface area contributed by atoms with Gasteiger partial charge in [0.05, 0.1) is 12.3 Å². The molecule has 2 aliphatic rings. The Morgan fingerprint density at radius 2 is 2.07 bits per heavy atom. The number of rotatable bonds is 8. The molecule has 1 amide bonds. The van der Waals surface area contributed by atoms with E-state index in [1.807, 2.05) is 29.2 Å². The second kappa shape index (κ2) is 11.0. The van der Waals surface area contributed by atoms with Crippen LogP contribution in [-0.4, -0.2) is 82.9 Å². The van der Waals surface area contributed by atoms with E-state index in [1.165, 1.54) is 0 Å². The zero-order valence-corrected chi connectivity index (χ0v) is 17.5. The number of carbonyl (C=O) groups is 1. The average molecular weight is 404 g/mol. The van der Waals surface area contributed by atoms with E-state index in [-0.39, 0.29) is 12.5 Å². The molecule has 0 unspecified atom stereocenters. The fourth-order valence-electron chi connectivity index (χ4n) is 3.75. The molecule has 0 atom stereocenters. The predicted molar refractivity (Wildman–Crippen MR) is 115 cm³/mol. The second-order valence-electron chi connectivity index (χ2n) is 7.41. The Hall–Kier alpha value is -2.32. The molecule has 0 aromatic heterocycles. The van der Waals surface area contributed by atoms with Crippen LogP contribution in [0.25, 0.3) is 0 Å². The highest BCUT2D eigenvalue weighted by molar-refractivity contribution is 5.97. The Kier molecular flexibility index (Phi) is 8.13. The molecule has 3 rings (SSSR count). The highest BCUT2D eigenvalue weighted by Crippen LogP contribution is 2.31. The number of carbonyl (C=O) groups excluding carboxylic acids is 1. The zero-order chi connectivity index (χ0) is 20.5. The molecule has 1 aromatic carbocycles. The lowest BCUT2D eigenvalue weighted by Crippen LogP contribution is -2.49. The van der Waals surface area contributed by atoms with Gasteiger partial charge in [0.1, 0.15) is 5.75 Å². The monoisotopic (exact) mass is 403 g/mol. The first kappa shape index (κ1) is 21.4. The summed E-state index contributed by atoms with van der Waals surface area (Å²) in [6.45, 7) is 5.46. The SMILES string of the molecule is CN=C(NCCCN1C(=O)COc2ccccc21)NC1CCN(CCOC)CC1. The van der Waals surface area contributed by atoms with Crippen molar-refractivity contribution in [3.63, 3.8) is 0 Å². The fraction of sp³-hybridized carbons (Fsp3) is 0.619. The Balaban J connectivity index is 1.38. The van der Waals surface area contributed by atoms with Crippen molar-refractivity contribution in [1.82, 2.24) is 15.5 Å². The number of ether oxygens (including phenoxy) is 2. The maximum absolute atomic E-state index is 12.2. The molecule has 0 bridgehead atoms. The molecule has 1 aromatic rings. The number of para-hydroxylation sites is 2. The van der Waals surface area contributed by atoms with Crippen LogP contribution in [0.2, 0.25) is 0 Å². The maximum Gasteiger partial charge on any atom is 0.265 e. The molecule has 0 saturated carbocycles. The lowest BCUT2D eigenvalue weighted by atomic mass is 10.1. The molecule has 160 valence electrons. The van der Waals surface area contributed by atoms with Crippen molar-refractivity contribution in [2.45, 2.75) is 25.3 Å². The first-order valence-electron chi connectivity index (χ1n) is 10.4. The van der Waals surface area contributed by atoms with E-state index < -0.39 is 0 Å². The van der Waals surface area contributed by atoms with Crippen molar-refractivity contribution in [2.75, 3.05) is 65.0 Å². The van der Waals surface area contributed by atoms with Crippen molar-refractivity contribution in [2.24, 2.45) is 4.99 Å². The largest absolute Gasteiger partial charge is 0.482 e. The van der Waals surface area contributed by atoms with E-state index in [0.717, 1.165) is 69.4 Å². The number of nitrogens with one attached hydrogen (secondary N) is 2. The van der Waals surface area contributed by atoms with Gasteiger partial charge in [-0.15, -0.1) is 0 Å². The molecule has 1 fully saturated rings. The summed E-state index contributed by atoms with van der Waals surface area (Å²) in [7, 11) is 3.54. The molecule has 8 nitrogen and oxygen atoms in total. The molecule has 2 aliphatic heterocycles. The third-order valence-electron chi connectivity index (χ3n) is 5.42. The van der Waals surface area contributed by atoms with E-state index >= 15 is 0 Å². The van der Waals surface area contributed by atoms with Gasteiger partial charge in [-0.3, -0.25) is 9.79 Å². The summed E-state index contributed by atoms with van der Waals surface area (Å²) in [4.78, 5) is 20.8. The van der Waals surface area contributed by atoms with E-state index in [1.54, 1.807) is 14.2 Å². The number of hydrogen-bond donors (Lipinski definition) is 2. The number of aliphatic imine (C=N–C) groups is 1. The number of likely N-dealkylation sites (tertiary alicyclic amines) is 1. The predicted octanol–water partition coefficient (Wildman–Crippen LogP) is 1.08. The summed E-state index contributed by atoms with van der Waals surface area (Å²) >= 11 is 0. The van der Waals surface area contributed by atoms with Gasteiger partial charge in [-0.1, -0.05) is 12.1 Å². The first-order chi connectivity index (χ1) is 14.2. The van der Waals surface area contributed by atoms with Gasteiger partial charge in [0.2, 0.25) is 0 Å². The highest BCUT2D eigenvalue weighted by Gasteiger charge is 2.24. The van der Waals surface area contributed by atoms with Crippen LogP contribution in [0.15, 0.2) is 29.3 Å². The van der Waals surface area contributed by atoms with Crippen LogP contribution in [0, 0.1) is 0 Å². The first-order valence-corrected chi connectivity index (χ1v) is 10.4. The number of amides is 1. The van der Waals surface area contributed by atoms with Gasteiger partial charge in [0.25, 0.3) is 5.91 Å². The normalized spacial score (nSPS) is 18.3. The van der Waals surface area contributed by atoms with Crippen molar-refractivity contribution in [1.29, 1.82) is 0 Å². The van der Waals surface area contributed by atoms with Crippen molar-refractivity contribution < 1.29 is 14.3 Å². The summed E-state index contributed by atoms with van der Waals surface area (Å²) in [5.41, 5.74) is 0.853. The van der Waals surface area contributed by atoms with Gasteiger partial charge in [0.15, 0.2) is 12.6 Å². The summed E-state index contributed by atoms with van der Waals surface area (Å²) in [6.07, 6.45) is 3.03. The van der Waals surface area contributed by atoms with Gasteiger partial charge >= 0.3 is 0 Å². The minimum atomic E-state index is 0.00596. The average Bonchev–Trinajstić information content (AvgIpc) is 2.76. The summed E-state index contributed by atoms with van der Waals surface area (Å²) < 4.78 is 10.7. The standard InChI is InChI=1S/C21H33N5O3/c1-22-21(24-17-8-12-25(13-9-17)14-15-28-2)23-10-5-11-26-18-6-3-4-7-19(18)29-16-20(26)27/h3-4,6-7,17H,5,8-16H2,1-2H3,(H2,22,23,24). The minimum absolute atomic E-state index is 0.00596. The molecule has 0 radical (unpaired) electrons. The molecule has 29 heavy (non-hydrogen) atoms. The molecule has 2 heterocycles. The van der Waals surface area contributed by atoms with Crippen LogP contribution in [-0.2, 0) is 9.53 Å². The van der Waals surface area contributed by atoms with Gasteiger partial charge in [-0.2, -0.15) is 0 Å². The molecule has 0 aliphatic carbocycles. The van der Waals surface area contributed by atoms with Crippen LogP contribution in [0.1, 0.15) is 19.3 Å². The van der Waals surface area contributed by atoms with E-state index in [0.29, 0.717) is 12.6 Å². The Morgan fingerprint density at radius 1 is 1.28 bits per heavy atom. The number of anilines is 1. The summed E-state index contributed by atoms with van der Waals surface area (Å²) in [5.74, 6) is 1.61. The number of fused-ring (bicyclic) bond motifs is 1. The molecule has 1 saturated heterocycles. The third kappa shape index (κ3) is 6.08. The lowest BCUT2D eigenvalue weighted by Gasteiger charge is -2.33. The number of guanidine groups is 1. The smallest absolute Gasteiger partial charge is 0.265 e. The topological polar surface area (TPSA) is 78.4 Å². The van der Waals surface area contributed by atoms with Gasteiger partial charge in [-0.05, 0) is 31.4 Å². The highest BCUT2D eigenvalue weighted by atomic mass is 16.5. The molecule has 0 spiro atoms. The van der Waals surface area contributed by atoms with Crippen LogP contribution in [0.5, 0.6) is 5.75 Å². The molecule has 8 heteroatoms. The van der Waals surface area contributed by atoms with Gasteiger partial charge in [-0.25, -0.2) is 0 Å². The molecular formula is C21H33N5O3. The van der Waals surface area contributed by atoms with E-state index in [4.69, 9.17) is 9.47 Å². The Labute approximate surface area is 173 Å². The summed E-state index contributed by atoms with van der Waals surface area (Å²) in [5, 5.41) is 6.90. The van der Waals surface area contributed by atoms with Gasteiger partial charge < -0.3 is 29.9 Å². The van der Waals surface area contributed by atoms with E-state index in [2.05, 4.69) is 20.5 Å². The van der Waals surface area contributed by atoms with Crippen LogP contribution in [0.3, 0.4) is 0 Å². The van der Waals surface area contributed by atoms with Crippen molar-refractivity contribution >= 4 is 17.6 Å². The van der Waals surface area contributed by atoms with Crippen molar-refractivity contribution in [3.8, 4) is 5.75 Å². The van der Waals surface area contributed by atoms with Gasteiger partial charge in [0, 0.05) is 52.9 Å². The number of hydrogen-bond acceptors (Lipinski definition) is 5. The zero-order valence-electron chi connectivity index (χ0n) is 17.5. The second-order valence-corrected chi connectivity index (χ2v) is 7.41.